The SMILES string of the molecule is CCOC(CN(C)c1c(C(=O)ON)cnc2c(SC(C)(C)C)cccc12)OCC. The molecular weight excluding hydrogens is 390 g/mol. The number of nitrogens with two attached hydrogens (primary N) is 1. The van der Waals surface area contributed by atoms with Crippen molar-refractivity contribution in [2.45, 2.75) is 50.6 Å². The molecule has 2 aromatic rings. The van der Waals surface area contributed by atoms with Gasteiger partial charge in [-0.2, -0.15) is 5.90 Å². The lowest BCUT2D eigenvalue weighted by Crippen LogP contribution is -2.34. The van der Waals surface area contributed by atoms with Crippen LogP contribution < -0.4 is 10.8 Å². The van der Waals surface area contributed by atoms with E-state index in [1.54, 1.807) is 11.8 Å². The Bertz CT molecular complexity index is 833. The Morgan fingerprint density at radius 1 is 1.24 bits per heavy atom. The van der Waals surface area contributed by atoms with Gasteiger partial charge in [-0.05, 0) is 19.9 Å². The lowest BCUT2D eigenvalue weighted by Gasteiger charge is -2.28. The first-order chi connectivity index (χ1) is 13.7. The molecule has 0 aliphatic rings. The molecule has 0 aliphatic carbocycles. The minimum atomic E-state index is -0.639. The number of fused-ring (bicyclic) bond motifs is 1. The minimum absolute atomic E-state index is 0.0198. The van der Waals surface area contributed by atoms with E-state index in [-0.39, 0.29) is 4.75 Å². The summed E-state index contributed by atoms with van der Waals surface area (Å²) in [5.41, 5.74) is 1.81. The van der Waals surface area contributed by atoms with E-state index in [4.69, 9.17) is 15.4 Å². The van der Waals surface area contributed by atoms with Gasteiger partial charge in [-0.1, -0.05) is 32.9 Å². The number of rotatable bonds is 9. The molecule has 0 amide bonds. The van der Waals surface area contributed by atoms with Crippen molar-refractivity contribution in [3.63, 3.8) is 0 Å². The maximum Gasteiger partial charge on any atom is 0.360 e. The summed E-state index contributed by atoms with van der Waals surface area (Å²) in [5, 5.41) is 0.844. The number of hydrogen-bond donors (Lipinski definition) is 1. The summed E-state index contributed by atoms with van der Waals surface area (Å²) in [7, 11) is 1.89. The largest absolute Gasteiger partial charge is 0.370 e. The summed E-state index contributed by atoms with van der Waals surface area (Å²) in [6.45, 7) is 11.8. The number of para-hydroxylation sites is 1. The Kier molecular flexibility index (Phi) is 8.27. The van der Waals surface area contributed by atoms with Crippen LogP contribution in [0.2, 0.25) is 0 Å². The summed E-state index contributed by atoms with van der Waals surface area (Å²) in [6, 6.07) is 5.96. The Morgan fingerprint density at radius 2 is 1.90 bits per heavy atom. The molecule has 29 heavy (non-hydrogen) atoms. The summed E-state index contributed by atoms with van der Waals surface area (Å²) < 4.78 is 11.4. The van der Waals surface area contributed by atoms with Gasteiger partial charge in [-0.25, -0.2) is 4.79 Å². The molecule has 160 valence electrons. The fraction of sp³-hybridized carbons (Fsp3) is 0.524. The molecule has 0 bridgehead atoms. The molecule has 0 atom stereocenters. The van der Waals surface area contributed by atoms with Crippen LogP contribution in [0.15, 0.2) is 29.3 Å². The molecule has 0 fully saturated rings. The molecule has 0 radical (unpaired) electrons. The third-order valence-electron chi connectivity index (χ3n) is 4.08. The van der Waals surface area contributed by atoms with E-state index in [1.165, 1.54) is 6.20 Å². The van der Waals surface area contributed by atoms with Crippen molar-refractivity contribution in [1.29, 1.82) is 0 Å². The Balaban J connectivity index is 2.59. The van der Waals surface area contributed by atoms with Crippen LogP contribution >= 0.6 is 11.8 Å². The molecule has 2 N–H and O–H groups in total. The van der Waals surface area contributed by atoms with Crippen molar-refractivity contribution in [1.82, 2.24) is 4.98 Å². The van der Waals surface area contributed by atoms with Gasteiger partial charge in [0, 0.05) is 41.5 Å². The Labute approximate surface area is 176 Å². The highest BCUT2D eigenvalue weighted by Gasteiger charge is 2.24. The minimum Gasteiger partial charge on any atom is -0.370 e. The highest BCUT2D eigenvalue weighted by molar-refractivity contribution is 8.00. The standard InChI is InChI=1S/C21H31N3O4S/c1-7-26-17(27-8-2)13-24(6)19-14-10-9-11-16(29-21(3,4)5)18(14)23-12-15(19)20(25)28-22/h9-12,17H,7-8,13,22H2,1-6H3. The van der Waals surface area contributed by atoms with Gasteiger partial charge in [0.2, 0.25) is 0 Å². The van der Waals surface area contributed by atoms with Crippen LogP contribution in [0, 0.1) is 0 Å². The zero-order valence-electron chi connectivity index (χ0n) is 18.0. The lowest BCUT2D eigenvalue weighted by molar-refractivity contribution is -0.129. The quantitative estimate of drug-likeness (QED) is 0.369. The van der Waals surface area contributed by atoms with Crippen LogP contribution in [0.1, 0.15) is 45.0 Å². The summed E-state index contributed by atoms with van der Waals surface area (Å²) in [5.74, 6) is 4.54. The number of ether oxygens (including phenoxy) is 2. The number of pyridine rings is 1. The van der Waals surface area contributed by atoms with E-state index in [1.807, 2.05) is 44.0 Å². The molecule has 0 aliphatic heterocycles. The van der Waals surface area contributed by atoms with Gasteiger partial charge in [0.15, 0.2) is 6.29 Å². The normalized spacial score (nSPS) is 11.9. The number of benzene rings is 1. The number of anilines is 1. The van der Waals surface area contributed by atoms with Gasteiger partial charge in [-0.3, -0.25) is 4.98 Å². The predicted octanol–water partition coefficient (Wildman–Crippen LogP) is 3.99. The number of thioether (sulfide) groups is 1. The molecular formula is C21H31N3O4S. The first kappa shape index (κ1) is 23.4. The van der Waals surface area contributed by atoms with Gasteiger partial charge in [0.25, 0.3) is 0 Å². The maximum atomic E-state index is 12.4. The van der Waals surface area contributed by atoms with E-state index in [2.05, 4.69) is 30.6 Å². The zero-order valence-corrected chi connectivity index (χ0v) is 18.8. The van der Waals surface area contributed by atoms with E-state index >= 15 is 0 Å². The van der Waals surface area contributed by atoms with Crippen molar-refractivity contribution >= 4 is 34.3 Å². The van der Waals surface area contributed by atoms with Gasteiger partial charge in [-0.15, -0.1) is 11.8 Å². The highest BCUT2D eigenvalue weighted by atomic mass is 32.2. The fourth-order valence-corrected chi connectivity index (χ4v) is 4.12. The molecule has 7 nitrogen and oxygen atoms in total. The van der Waals surface area contributed by atoms with Gasteiger partial charge < -0.3 is 19.2 Å². The molecule has 0 unspecified atom stereocenters. The van der Waals surface area contributed by atoms with Crippen LogP contribution in [0.3, 0.4) is 0 Å². The van der Waals surface area contributed by atoms with Crippen molar-refractivity contribution < 1.29 is 19.1 Å². The number of nitrogens with zero attached hydrogens (tertiary/aromatic N) is 2. The number of carbonyl (C=O) groups excluding carboxylic acids is 1. The molecule has 0 spiro atoms. The number of hydrogen-bond acceptors (Lipinski definition) is 8. The van der Waals surface area contributed by atoms with Crippen LogP contribution in [0.5, 0.6) is 0 Å². The monoisotopic (exact) mass is 421 g/mol. The average Bonchev–Trinajstić information content (AvgIpc) is 2.65. The molecule has 0 saturated heterocycles. The maximum absolute atomic E-state index is 12.4. The summed E-state index contributed by atoms with van der Waals surface area (Å²) in [4.78, 5) is 24.4. The zero-order chi connectivity index (χ0) is 21.6. The Hall–Kier alpha value is -1.87. The van der Waals surface area contributed by atoms with E-state index in [0.717, 1.165) is 15.8 Å². The molecule has 1 heterocycles. The lowest BCUT2D eigenvalue weighted by atomic mass is 10.1. The molecule has 1 aromatic heterocycles. The average molecular weight is 422 g/mol. The summed E-state index contributed by atoms with van der Waals surface area (Å²) in [6.07, 6.45) is 1.10. The third kappa shape index (κ3) is 6.05. The highest BCUT2D eigenvalue weighted by Crippen LogP contribution is 2.39. The van der Waals surface area contributed by atoms with E-state index in [0.29, 0.717) is 31.0 Å². The second kappa shape index (κ2) is 10.2. The topological polar surface area (TPSA) is 86.9 Å². The smallest absolute Gasteiger partial charge is 0.360 e. The van der Waals surface area contributed by atoms with E-state index in [9.17, 15) is 4.79 Å². The molecule has 0 saturated carbocycles. The van der Waals surface area contributed by atoms with Crippen molar-refractivity contribution in [2.75, 3.05) is 31.7 Å². The van der Waals surface area contributed by atoms with Crippen molar-refractivity contribution in [2.24, 2.45) is 5.90 Å². The molecule has 8 heteroatoms. The molecule has 2 rings (SSSR count). The van der Waals surface area contributed by atoms with Gasteiger partial charge in [0.1, 0.15) is 5.56 Å². The summed E-state index contributed by atoms with van der Waals surface area (Å²) >= 11 is 1.73. The number of carbonyl (C=O) groups is 1. The van der Waals surface area contributed by atoms with Crippen LogP contribution in [0.4, 0.5) is 5.69 Å². The van der Waals surface area contributed by atoms with Crippen LogP contribution in [-0.2, 0) is 14.3 Å². The predicted molar refractivity (Wildman–Crippen MR) is 117 cm³/mol. The van der Waals surface area contributed by atoms with E-state index < -0.39 is 12.3 Å². The van der Waals surface area contributed by atoms with Crippen molar-refractivity contribution in [3.8, 4) is 0 Å². The van der Waals surface area contributed by atoms with Crippen molar-refractivity contribution in [3.05, 3.63) is 30.0 Å². The van der Waals surface area contributed by atoms with Crippen LogP contribution in [0.25, 0.3) is 10.9 Å². The number of likely N-dealkylation sites (N-methyl/N-ethyl adjacent to an activating group) is 1. The van der Waals surface area contributed by atoms with Crippen LogP contribution in [-0.4, -0.2) is 48.8 Å². The number of aromatic nitrogens is 1. The second-order valence-corrected chi connectivity index (χ2v) is 9.38. The first-order valence-electron chi connectivity index (χ1n) is 9.67. The first-order valence-corrected chi connectivity index (χ1v) is 10.5. The van der Waals surface area contributed by atoms with Gasteiger partial charge in [0.05, 0.1) is 17.7 Å². The Morgan fingerprint density at radius 3 is 2.45 bits per heavy atom. The third-order valence-corrected chi connectivity index (χ3v) is 5.25. The molecule has 1 aromatic carbocycles. The second-order valence-electron chi connectivity index (χ2n) is 7.51. The fourth-order valence-electron chi connectivity index (χ4n) is 3.06. The van der Waals surface area contributed by atoms with Gasteiger partial charge >= 0.3 is 5.97 Å².